The van der Waals surface area contributed by atoms with Crippen molar-refractivity contribution in [2.24, 2.45) is 0 Å². The number of carbonyl (C=O) groups is 1. The summed E-state index contributed by atoms with van der Waals surface area (Å²) in [6.07, 6.45) is 1.90. The normalized spacial score (nSPS) is 10.2. The Bertz CT molecular complexity index is 714. The van der Waals surface area contributed by atoms with E-state index in [2.05, 4.69) is 17.6 Å². The zero-order valence-electron chi connectivity index (χ0n) is 14.7. The van der Waals surface area contributed by atoms with E-state index in [4.69, 9.17) is 17.0 Å². The zero-order chi connectivity index (χ0) is 18.1. The highest BCUT2D eigenvalue weighted by atomic mass is 32.1. The van der Waals surface area contributed by atoms with E-state index in [1.807, 2.05) is 55.5 Å². The molecular weight excluding hydrogens is 332 g/mol. The zero-order valence-corrected chi connectivity index (χ0v) is 15.5. The van der Waals surface area contributed by atoms with Crippen LogP contribution in [0.1, 0.15) is 30.9 Å². The molecule has 0 aliphatic rings. The quantitative estimate of drug-likeness (QED) is 0.576. The number of nitrogens with one attached hydrogen (secondary N) is 2. The summed E-state index contributed by atoms with van der Waals surface area (Å²) >= 11 is 5.21. The molecule has 0 atom stereocenters. The van der Waals surface area contributed by atoms with Crippen molar-refractivity contribution in [2.45, 2.75) is 33.1 Å². The minimum atomic E-state index is -0.112. The van der Waals surface area contributed by atoms with Gasteiger partial charge in [0.05, 0.1) is 6.61 Å². The molecule has 5 heteroatoms. The fourth-order valence-corrected chi connectivity index (χ4v) is 2.57. The minimum Gasteiger partial charge on any atom is -0.494 e. The van der Waals surface area contributed by atoms with Gasteiger partial charge in [-0.25, -0.2) is 0 Å². The number of para-hydroxylation sites is 1. The van der Waals surface area contributed by atoms with E-state index < -0.39 is 0 Å². The molecule has 0 radical (unpaired) electrons. The smallest absolute Gasteiger partial charge is 0.226 e. The van der Waals surface area contributed by atoms with Gasteiger partial charge in [-0.2, -0.15) is 0 Å². The van der Waals surface area contributed by atoms with Gasteiger partial charge < -0.3 is 15.4 Å². The van der Waals surface area contributed by atoms with Crippen molar-refractivity contribution in [3.63, 3.8) is 0 Å². The summed E-state index contributed by atoms with van der Waals surface area (Å²) in [5.74, 6) is 0.707. The lowest BCUT2D eigenvalue weighted by atomic mass is 10.1. The van der Waals surface area contributed by atoms with Gasteiger partial charge in [-0.15, -0.1) is 0 Å². The molecule has 1 amide bonds. The summed E-state index contributed by atoms with van der Waals surface area (Å²) in [5.41, 5.74) is 3.28. The van der Waals surface area contributed by atoms with Crippen molar-refractivity contribution in [1.82, 2.24) is 5.32 Å². The number of hydrogen-bond donors (Lipinski definition) is 2. The molecule has 0 aromatic heterocycles. The predicted molar refractivity (Wildman–Crippen MR) is 106 cm³/mol. The minimum absolute atomic E-state index is 0.112. The summed E-state index contributed by atoms with van der Waals surface area (Å²) in [7, 11) is 0. The fraction of sp³-hybridized carbons (Fsp3) is 0.300. The average molecular weight is 356 g/mol. The molecule has 132 valence electrons. The Morgan fingerprint density at radius 3 is 2.56 bits per heavy atom. The maximum absolute atomic E-state index is 12.0. The molecule has 0 bridgehead atoms. The Hall–Kier alpha value is -2.40. The fourth-order valence-electron chi connectivity index (χ4n) is 2.35. The van der Waals surface area contributed by atoms with Crippen LogP contribution in [-0.2, 0) is 11.2 Å². The number of ether oxygens (including phenoxy) is 1. The van der Waals surface area contributed by atoms with Crippen molar-refractivity contribution in [3.05, 3.63) is 59.7 Å². The molecule has 25 heavy (non-hydrogen) atoms. The van der Waals surface area contributed by atoms with E-state index in [0.717, 1.165) is 23.4 Å². The maximum Gasteiger partial charge on any atom is 0.226 e. The Morgan fingerprint density at radius 2 is 1.84 bits per heavy atom. The van der Waals surface area contributed by atoms with Crippen LogP contribution < -0.4 is 15.4 Å². The lowest BCUT2D eigenvalue weighted by molar-refractivity contribution is -0.119. The van der Waals surface area contributed by atoms with Crippen LogP contribution in [0, 0.1) is 6.92 Å². The van der Waals surface area contributed by atoms with E-state index in [1.165, 1.54) is 5.56 Å². The van der Waals surface area contributed by atoms with E-state index in [0.29, 0.717) is 24.6 Å². The summed E-state index contributed by atoms with van der Waals surface area (Å²) in [5, 5.41) is 6.12. The first-order valence-corrected chi connectivity index (χ1v) is 8.87. The van der Waals surface area contributed by atoms with Crippen LogP contribution in [0.25, 0.3) is 0 Å². The number of thiocarbonyl (C=S) groups is 1. The highest BCUT2D eigenvalue weighted by Gasteiger charge is 2.07. The molecule has 0 heterocycles. The van der Waals surface area contributed by atoms with Gasteiger partial charge in [-0.3, -0.25) is 4.79 Å². The summed E-state index contributed by atoms with van der Waals surface area (Å²) < 4.78 is 5.61. The van der Waals surface area contributed by atoms with Gasteiger partial charge >= 0.3 is 0 Å². The molecule has 0 spiro atoms. The lowest BCUT2D eigenvalue weighted by Gasteiger charge is -2.12. The Labute approximate surface area is 154 Å². The Balaban J connectivity index is 1.69. The van der Waals surface area contributed by atoms with Crippen LogP contribution in [0.2, 0.25) is 0 Å². The third-order valence-corrected chi connectivity index (χ3v) is 3.94. The monoisotopic (exact) mass is 356 g/mol. The number of amides is 1. The number of benzene rings is 2. The molecule has 2 aromatic carbocycles. The first-order chi connectivity index (χ1) is 12.1. The lowest BCUT2D eigenvalue weighted by Crippen LogP contribution is -2.34. The summed E-state index contributed by atoms with van der Waals surface area (Å²) in [6.45, 7) is 4.61. The highest BCUT2D eigenvalue weighted by molar-refractivity contribution is 7.80. The van der Waals surface area contributed by atoms with Gasteiger partial charge in [0, 0.05) is 12.1 Å². The molecule has 2 N–H and O–H groups in total. The average Bonchev–Trinajstić information content (AvgIpc) is 2.60. The Morgan fingerprint density at radius 1 is 1.12 bits per heavy atom. The second-order valence-electron chi connectivity index (χ2n) is 5.78. The van der Waals surface area contributed by atoms with Gasteiger partial charge in [0.25, 0.3) is 0 Å². The molecular formula is C20H24N2O2S. The third kappa shape index (κ3) is 6.55. The van der Waals surface area contributed by atoms with Crippen molar-refractivity contribution >= 4 is 28.9 Å². The summed E-state index contributed by atoms with van der Waals surface area (Å²) in [6, 6.07) is 15.8. The second-order valence-corrected chi connectivity index (χ2v) is 6.19. The van der Waals surface area contributed by atoms with Gasteiger partial charge in [0.2, 0.25) is 5.91 Å². The third-order valence-electron chi connectivity index (χ3n) is 3.74. The first kappa shape index (κ1) is 18.9. The maximum atomic E-state index is 12.0. The standard InChI is InChI=1S/C20H24N2O2S/c1-3-16-7-4-5-8-18(16)21-20(25)22-19(23)9-6-14-24-17-12-10-15(2)11-13-17/h4-5,7-8,10-13H,3,6,9,14H2,1-2H3,(H2,21,22,23,25). The molecule has 0 aliphatic carbocycles. The number of rotatable bonds is 7. The number of aryl methyl sites for hydroxylation is 2. The molecule has 0 saturated carbocycles. The predicted octanol–water partition coefficient (Wildman–Crippen LogP) is 4.23. The van der Waals surface area contributed by atoms with Crippen LogP contribution in [0.4, 0.5) is 5.69 Å². The first-order valence-electron chi connectivity index (χ1n) is 8.46. The molecule has 0 fully saturated rings. The molecule has 0 aliphatic heterocycles. The van der Waals surface area contributed by atoms with Crippen LogP contribution in [0.3, 0.4) is 0 Å². The van der Waals surface area contributed by atoms with Crippen LogP contribution in [0.5, 0.6) is 5.75 Å². The largest absolute Gasteiger partial charge is 0.494 e. The van der Waals surface area contributed by atoms with Gasteiger partial charge in [0.1, 0.15) is 5.75 Å². The van der Waals surface area contributed by atoms with E-state index >= 15 is 0 Å². The SMILES string of the molecule is CCc1ccccc1NC(=S)NC(=O)CCCOc1ccc(C)cc1. The van der Waals surface area contributed by atoms with E-state index in [-0.39, 0.29) is 5.91 Å². The topological polar surface area (TPSA) is 50.4 Å². The molecule has 4 nitrogen and oxygen atoms in total. The van der Waals surface area contributed by atoms with E-state index in [9.17, 15) is 4.79 Å². The molecule has 2 rings (SSSR count). The number of anilines is 1. The molecule has 0 saturated heterocycles. The summed E-state index contributed by atoms with van der Waals surface area (Å²) in [4.78, 5) is 12.0. The van der Waals surface area contributed by atoms with Crippen molar-refractivity contribution in [2.75, 3.05) is 11.9 Å². The van der Waals surface area contributed by atoms with Gasteiger partial charge in [-0.1, -0.05) is 42.8 Å². The number of carbonyl (C=O) groups excluding carboxylic acids is 1. The van der Waals surface area contributed by atoms with Gasteiger partial charge in [0.15, 0.2) is 5.11 Å². The van der Waals surface area contributed by atoms with Crippen molar-refractivity contribution in [1.29, 1.82) is 0 Å². The molecule has 2 aromatic rings. The highest BCUT2D eigenvalue weighted by Crippen LogP contribution is 2.15. The second kappa shape index (κ2) is 9.79. The van der Waals surface area contributed by atoms with Crippen LogP contribution in [-0.4, -0.2) is 17.6 Å². The van der Waals surface area contributed by atoms with Crippen molar-refractivity contribution in [3.8, 4) is 5.75 Å². The van der Waals surface area contributed by atoms with Crippen LogP contribution >= 0.6 is 12.2 Å². The van der Waals surface area contributed by atoms with E-state index in [1.54, 1.807) is 0 Å². The molecule has 0 unspecified atom stereocenters. The van der Waals surface area contributed by atoms with Crippen LogP contribution in [0.15, 0.2) is 48.5 Å². The number of hydrogen-bond acceptors (Lipinski definition) is 3. The Kier molecular flexibility index (Phi) is 7.41. The van der Waals surface area contributed by atoms with Crippen molar-refractivity contribution < 1.29 is 9.53 Å². The van der Waals surface area contributed by atoms with Gasteiger partial charge in [-0.05, 0) is 55.7 Å².